The maximum absolute atomic E-state index is 11.8. The molecule has 4 heteroatoms. The van der Waals surface area contributed by atoms with Crippen molar-refractivity contribution in [2.24, 2.45) is 5.92 Å². The molecule has 0 saturated carbocycles. The summed E-state index contributed by atoms with van der Waals surface area (Å²) in [4.78, 5) is 11.1. The summed E-state index contributed by atoms with van der Waals surface area (Å²) in [5.41, 5.74) is 0.563. The molecule has 1 rings (SSSR count). The molecule has 72 valence electrons. The minimum absolute atomic E-state index is 0.0562. The number of halogens is 2. The quantitative estimate of drug-likeness (QED) is 0.725. The van der Waals surface area contributed by atoms with Crippen molar-refractivity contribution in [1.29, 1.82) is 0 Å². The molecular weight excluding hydrogens is 176 g/mol. The van der Waals surface area contributed by atoms with Gasteiger partial charge in [0.1, 0.15) is 0 Å². The van der Waals surface area contributed by atoms with Crippen LogP contribution in [0.5, 0.6) is 0 Å². The molecule has 1 atom stereocenters. The van der Waals surface area contributed by atoms with Crippen LogP contribution in [0.4, 0.5) is 8.78 Å². The van der Waals surface area contributed by atoms with E-state index >= 15 is 0 Å². The fraction of sp³-hybridized carbons (Fsp3) is 0.444. The van der Waals surface area contributed by atoms with Crippen LogP contribution in [0.15, 0.2) is 23.9 Å². The monoisotopic (exact) mass is 187 g/mol. The van der Waals surface area contributed by atoms with Gasteiger partial charge in [-0.05, 0) is 19.1 Å². The first kappa shape index (κ1) is 9.89. The molecule has 0 heterocycles. The van der Waals surface area contributed by atoms with Gasteiger partial charge in [0.2, 0.25) is 0 Å². The molecule has 0 aromatic carbocycles. The molecule has 0 aromatic heterocycles. The minimum Gasteiger partial charge on any atom is -0.382 e. The summed E-state index contributed by atoms with van der Waals surface area (Å²) in [5, 5.41) is 2.54. The molecule has 0 aromatic rings. The second-order valence-corrected chi connectivity index (χ2v) is 2.88. The van der Waals surface area contributed by atoms with E-state index in [0.717, 1.165) is 0 Å². The lowest BCUT2D eigenvalue weighted by Crippen LogP contribution is -2.28. The van der Waals surface area contributed by atoms with Crippen molar-refractivity contribution < 1.29 is 13.6 Å². The van der Waals surface area contributed by atoms with Crippen molar-refractivity contribution in [3.8, 4) is 0 Å². The predicted octanol–water partition coefficient (Wildman–Crippen LogP) is 1.50. The van der Waals surface area contributed by atoms with Gasteiger partial charge in [0, 0.05) is 5.70 Å². The van der Waals surface area contributed by atoms with Crippen LogP contribution in [0.2, 0.25) is 0 Å². The van der Waals surface area contributed by atoms with Crippen LogP contribution in [0.1, 0.15) is 6.92 Å². The molecule has 0 amide bonds. The SMILES string of the molecule is CC1C(=O)C=CC=C1NCC(F)F. The van der Waals surface area contributed by atoms with E-state index in [1.54, 1.807) is 19.1 Å². The number of hydrogen-bond donors (Lipinski definition) is 1. The van der Waals surface area contributed by atoms with Gasteiger partial charge in [0.05, 0.1) is 12.5 Å². The van der Waals surface area contributed by atoms with E-state index in [2.05, 4.69) is 5.32 Å². The van der Waals surface area contributed by atoms with Gasteiger partial charge in [-0.15, -0.1) is 0 Å². The van der Waals surface area contributed by atoms with Crippen molar-refractivity contribution in [2.75, 3.05) is 6.54 Å². The Morgan fingerprint density at radius 3 is 2.92 bits per heavy atom. The van der Waals surface area contributed by atoms with E-state index in [1.165, 1.54) is 6.08 Å². The van der Waals surface area contributed by atoms with Crippen LogP contribution in [-0.2, 0) is 4.79 Å². The van der Waals surface area contributed by atoms with Gasteiger partial charge in [-0.2, -0.15) is 0 Å². The Morgan fingerprint density at radius 2 is 2.31 bits per heavy atom. The van der Waals surface area contributed by atoms with E-state index in [-0.39, 0.29) is 11.7 Å². The average molecular weight is 187 g/mol. The van der Waals surface area contributed by atoms with Gasteiger partial charge in [-0.3, -0.25) is 4.79 Å². The maximum atomic E-state index is 11.8. The lowest BCUT2D eigenvalue weighted by molar-refractivity contribution is -0.117. The zero-order valence-corrected chi connectivity index (χ0v) is 7.26. The number of hydrogen-bond acceptors (Lipinski definition) is 2. The minimum atomic E-state index is -2.39. The van der Waals surface area contributed by atoms with Crippen LogP contribution in [-0.4, -0.2) is 18.8 Å². The molecule has 13 heavy (non-hydrogen) atoms. The number of alkyl halides is 2. The van der Waals surface area contributed by atoms with Crippen LogP contribution in [0.25, 0.3) is 0 Å². The van der Waals surface area contributed by atoms with Gasteiger partial charge < -0.3 is 5.32 Å². The lowest BCUT2D eigenvalue weighted by Gasteiger charge is -2.17. The fourth-order valence-corrected chi connectivity index (χ4v) is 1.10. The molecule has 1 aliphatic carbocycles. The average Bonchev–Trinajstić information content (AvgIpc) is 2.07. The number of carbonyl (C=O) groups is 1. The smallest absolute Gasteiger partial charge is 0.255 e. The van der Waals surface area contributed by atoms with Gasteiger partial charge in [0.15, 0.2) is 5.78 Å². The third kappa shape index (κ3) is 2.65. The standard InChI is InChI=1S/C9H11F2NO/c1-6-7(12-5-9(10)11)3-2-4-8(6)13/h2-4,6,9,12H,5H2,1H3. The van der Waals surface area contributed by atoms with E-state index in [0.29, 0.717) is 5.70 Å². The Kier molecular flexibility index (Phi) is 3.17. The molecule has 1 N–H and O–H groups in total. The summed E-state index contributed by atoms with van der Waals surface area (Å²) in [6, 6.07) is 0. The highest BCUT2D eigenvalue weighted by molar-refractivity contribution is 5.94. The Bertz CT molecular complexity index is 258. The van der Waals surface area contributed by atoms with E-state index in [1.807, 2.05) is 0 Å². The van der Waals surface area contributed by atoms with E-state index < -0.39 is 13.0 Å². The van der Waals surface area contributed by atoms with Gasteiger partial charge >= 0.3 is 0 Å². The van der Waals surface area contributed by atoms with Crippen molar-refractivity contribution in [3.63, 3.8) is 0 Å². The summed E-state index contributed by atoms with van der Waals surface area (Å²) in [7, 11) is 0. The van der Waals surface area contributed by atoms with Crippen molar-refractivity contribution in [3.05, 3.63) is 23.9 Å². The van der Waals surface area contributed by atoms with Crippen LogP contribution < -0.4 is 5.32 Å². The van der Waals surface area contributed by atoms with Crippen LogP contribution in [0.3, 0.4) is 0 Å². The summed E-state index contributed by atoms with van der Waals surface area (Å²) in [5.74, 6) is -0.386. The first-order chi connectivity index (χ1) is 6.11. The zero-order chi connectivity index (χ0) is 9.84. The number of allylic oxidation sites excluding steroid dienone is 4. The molecule has 0 bridgehead atoms. The lowest BCUT2D eigenvalue weighted by atomic mass is 9.98. The second-order valence-electron chi connectivity index (χ2n) is 2.88. The van der Waals surface area contributed by atoms with Gasteiger partial charge in [-0.25, -0.2) is 8.78 Å². The van der Waals surface area contributed by atoms with E-state index in [4.69, 9.17) is 0 Å². The Labute approximate surface area is 75.3 Å². The van der Waals surface area contributed by atoms with E-state index in [9.17, 15) is 13.6 Å². The summed E-state index contributed by atoms with van der Waals surface area (Å²) >= 11 is 0. The summed E-state index contributed by atoms with van der Waals surface area (Å²) in [6.07, 6.45) is 2.26. The van der Waals surface area contributed by atoms with Crippen molar-refractivity contribution in [2.45, 2.75) is 13.3 Å². The Morgan fingerprint density at radius 1 is 1.62 bits per heavy atom. The van der Waals surface area contributed by atoms with Gasteiger partial charge in [0.25, 0.3) is 6.43 Å². The number of rotatable bonds is 3. The number of nitrogens with one attached hydrogen (secondary N) is 1. The summed E-state index contributed by atoms with van der Waals surface area (Å²) < 4.78 is 23.6. The van der Waals surface area contributed by atoms with Crippen LogP contribution in [0, 0.1) is 5.92 Å². The molecular formula is C9H11F2NO. The molecule has 0 fully saturated rings. The summed E-state index contributed by atoms with van der Waals surface area (Å²) in [6.45, 7) is 1.29. The number of carbonyl (C=O) groups excluding carboxylic acids is 1. The predicted molar refractivity (Wildman–Crippen MR) is 45.4 cm³/mol. The molecule has 0 saturated heterocycles. The van der Waals surface area contributed by atoms with Crippen molar-refractivity contribution >= 4 is 5.78 Å². The molecule has 2 nitrogen and oxygen atoms in total. The highest BCUT2D eigenvalue weighted by Gasteiger charge is 2.18. The third-order valence-electron chi connectivity index (χ3n) is 1.89. The third-order valence-corrected chi connectivity index (χ3v) is 1.89. The molecule has 1 aliphatic rings. The zero-order valence-electron chi connectivity index (χ0n) is 7.26. The topological polar surface area (TPSA) is 29.1 Å². The maximum Gasteiger partial charge on any atom is 0.255 e. The first-order valence-electron chi connectivity index (χ1n) is 4.05. The highest BCUT2D eigenvalue weighted by Crippen LogP contribution is 2.14. The Hall–Kier alpha value is -1.19. The van der Waals surface area contributed by atoms with Crippen LogP contribution >= 0.6 is 0 Å². The first-order valence-corrected chi connectivity index (χ1v) is 4.05. The number of ketones is 1. The molecule has 1 unspecified atom stereocenters. The second kappa shape index (κ2) is 4.16. The normalized spacial score (nSPS) is 22.0. The van der Waals surface area contributed by atoms with Gasteiger partial charge in [-0.1, -0.05) is 6.08 Å². The largest absolute Gasteiger partial charge is 0.382 e. The molecule has 0 spiro atoms. The molecule has 0 radical (unpaired) electrons. The van der Waals surface area contributed by atoms with Crippen molar-refractivity contribution in [1.82, 2.24) is 5.32 Å². The molecule has 0 aliphatic heterocycles. The highest BCUT2D eigenvalue weighted by atomic mass is 19.3. The Balaban J connectivity index is 2.54. The fourth-order valence-electron chi connectivity index (χ4n) is 1.10.